The topological polar surface area (TPSA) is 59.6 Å². The lowest BCUT2D eigenvalue weighted by Gasteiger charge is -2.07. The van der Waals surface area contributed by atoms with E-state index in [4.69, 9.17) is 10.5 Å². The number of thiocarbonyl (C=S) groups is 1. The maximum Gasteiger partial charge on any atom is 0.184 e. The molecule has 0 fully saturated rings. The molecule has 2 aromatic carbocycles. The van der Waals surface area contributed by atoms with E-state index in [2.05, 4.69) is 41.8 Å². The van der Waals surface area contributed by atoms with Crippen molar-refractivity contribution in [1.82, 2.24) is 5.43 Å². The average Bonchev–Trinajstić information content (AvgIpc) is 2.45. The van der Waals surface area contributed by atoms with Crippen molar-refractivity contribution in [3.05, 3.63) is 65.2 Å². The smallest absolute Gasteiger partial charge is 0.184 e. The van der Waals surface area contributed by atoms with Crippen LogP contribution >= 0.6 is 12.2 Å². The van der Waals surface area contributed by atoms with Gasteiger partial charge in [0.25, 0.3) is 0 Å². The first kappa shape index (κ1) is 15.0. The summed E-state index contributed by atoms with van der Waals surface area (Å²) in [6.07, 6.45) is 1.64. The Labute approximate surface area is 129 Å². The van der Waals surface area contributed by atoms with Crippen LogP contribution in [0.3, 0.4) is 0 Å². The molecule has 3 N–H and O–H groups in total. The summed E-state index contributed by atoms with van der Waals surface area (Å²) in [5.41, 5.74) is 11.1. The van der Waals surface area contributed by atoms with Gasteiger partial charge in [-0.2, -0.15) is 5.10 Å². The molecule has 0 amide bonds. The molecule has 0 radical (unpaired) electrons. The fourth-order valence-electron chi connectivity index (χ4n) is 1.82. The van der Waals surface area contributed by atoms with Crippen LogP contribution in [0.4, 0.5) is 0 Å². The predicted molar refractivity (Wildman–Crippen MR) is 89.5 cm³/mol. The molecule has 5 heteroatoms. The summed E-state index contributed by atoms with van der Waals surface area (Å²) in [4.78, 5) is 0. The molecule has 0 saturated carbocycles. The number of ether oxygens (including phenoxy) is 1. The van der Waals surface area contributed by atoms with Crippen molar-refractivity contribution in [1.29, 1.82) is 0 Å². The van der Waals surface area contributed by atoms with Crippen molar-refractivity contribution >= 4 is 23.5 Å². The van der Waals surface area contributed by atoms with E-state index in [1.54, 1.807) is 6.21 Å². The van der Waals surface area contributed by atoms with Crippen LogP contribution in [0.25, 0.3) is 0 Å². The zero-order chi connectivity index (χ0) is 15.1. The lowest BCUT2D eigenvalue weighted by Crippen LogP contribution is -2.23. The fourth-order valence-corrected chi connectivity index (χ4v) is 1.88. The molecule has 0 bridgehead atoms. The van der Waals surface area contributed by atoms with Gasteiger partial charge in [0.1, 0.15) is 12.4 Å². The van der Waals surface area contributed by atoms with Gasteiger partial charge < -0.3 is 10.5 Å². The lowest BCUT2D eigenvalue weighted by molar-refractivity contribution is 0.306. The molecule has 108 valence electrons. The summed E-state index contributed by atoms with van der Waals surface area (Å²) >= 11 is 4.67. The second-order valence-electron chi connectivity index (χ2n) is 4.58. The zero-order valence-corrected chi connectivity index (χ0v) is 12.6. The summed E-state index contributed by atoms with van der Waals surface area (Å²) in [5, 5.41) is 4.05. The fraction of sp³-hybridized carbons (Fsp3) is 0.125. The normalized spacial score (nSPS) is 10.5. The van der Waals surface area contributed by atoms with Crippen LogP contribution < -0.4 is 15.9 Å². The SMILES string of the molecule is Cc1cccc(COc2cccc(/C=N\NC(N)=S)c2)c1. The van der Waals surface area contributed by atoms with Gasteiger partial charge >= 0.3 is 0 Å². The second kappa shape index (κ2) is 7.40. The molecule has 0 heterocycles. The maximum absolute atomic E-state index is 5.78. The number of hydrazone groups is 1. The molecular formula is C16H17N3OS. The van der Waals surface area contributed by atoms with Gasteiger partial charge in [-0.3, -0.25) is 5.43 Å². The highest BCUT2D eigenvalue weighted by Crippen LogP contribution is 2.14. The summed E-state index contributed by atoms with van der Waals surface area (Å²) in [6.45, 7) is 2.60. The Morgan fingerprint density at radius 2 is 2.10 bits per heavy atom. The third-order valence-electron chi connectivity index (χ3n) is 2.73. The highest BCUT2D eigenvalue weighted by Gasteiger charge is 1.98. The standard InChI is InChI=1S/C16H17N3OS/c1-12-4-2-6-14(8-12)11-20-15-7-3-5-13(9-15)10-18-19-16(17)21/h2-10H,11H2,1H3,(H3,17,19,21)/b18-10-. The minimum absolute atomic E-state index is 0.137. The van der Waals surface area contributed by atoms with E-state index in [9.17, 15) is 0 Å². The molecule has 0 aliphatic rings. The number of nitrogens with two attached hydrogens (primary N) is 1. The quantitative estimate of drug-likeness (QED) is 0.506. The van der Waals surface area contributed by atoms with Crippen molar-refractivity contribution in [2.45, 2.75) is 13.5 Å². The minimum atomic E-state index is 0.137. The Bertz CT molecular complexity index is 655. The van der Waals surface area contributed by atoms with Crippen LogP contribution in [0, 0.1) is 6.92 Å². The summed E-state index contributed by atoms with van der Waals surface area (Å²) in [7, 11) is 0. The van der Waals surface area contributed by atoms with Gasteiger partial charge in [-0.15, -0.1) is 0 Å². The average molecular weight is 299 g/mol. The van der Waals surface area contributed by atoms with E-state index in [0.717, 1.165) is 16.9 Å². The molecule has 2 aromatic rings. The Morgan fingerprint density at radius 3 is 2.86 bits per heavy atom. The number of hydrogen-bond donors (Lipinski definition) is 2. The molecule has 0 spiro atoms. The Balaban J connectivity index is 1.97. The van der Waals surface area contributed by atoms with Gasteiger partial charge in [0.15, 0.2) is 5.11 Å². The Kier molecular flexibility index (Phi) is 5.29. The number of nitrogens with zero attached hydrogens (tertiary/aromatic N) is 1. The highest BCUT2D eigenvalue weighted by molar-refractivity contribution is 7.80. The molecular weight excluding hydrogens is 282 g/mol. The van der Waals surface area contributed by atoms with E-state index in [0.29, 0.717) is 6.61 Å². The first-order valence-electron chi connectivity index (χ1n) is 6.50. The Hall–Kier alpha value is -2.40. The molecule has 0 aromatic heterocycles. The molecule has 2 rings (SSSR count). The zero-order valence-electron chi connectivity index (χ0n) is 11.7. The maximum atomic E-state index is 5.78. The van der Waals surface area contributed by atoms with Crippen LogP contribution in [0.1, 0.15) is 16.7 Å². The van der Waals surface area contributed by atoms with E-state index < -0.39 is 0 Å². The van der Waals surface area contributed by atoms with Gasteiger partial charge in [0, 0.05) is 0 Å². The summed E-state index contributed by atoms with van der Waals surface area (Å²) in [5.74, 6) is 0.788. The van der Waals surface area contributed by atoms with E-state index in [1.807, 2.05) is 36.4 Å². The number of hydrogen-bond acceptors (Lipinski definition) is 3. The predicted octanol–water partition coefficient (Wildman–Crippen LogP) is 2.74. The van der Waals surface area contributed by atoms with E-state index in [-0.39, 0.29) is 5.11 Å². The lowest BCUT2D eigenvalue weighted by atomic mass is 10.1. The van der Waals surface area contributed by atoms with Crippen molar-refractivity contribution in [2.75, 3.05) is 0 Å². The molecule has 0 unspecified atom stereocenters. The van der Waals surface area contributed by atoms with Crippen LogP contribution in [0.5, 0.6) is 5.75 Å². The van der Waals surface area contributed by atoms with Crippen LogP contribution in [0.15, 0.2) is 53.6 Å². The van der Waals surface area contributed by atoms with Crippen molar-refractivity contribution in [2.24, 2.45) is 10.8 Å². The molecule has 0 aliphatic carbocycles. The number of benzene rings is 2. The third-order valence-corrected chi connectivity index (χ3v) is 2.83. The van der Waals surface area contributed by atoms with E-state index in [1.165, 1.54) is 5.56 Å². The largest absolute Gasteiger partial charge is 0.489 e. The molecule has 0 saturated heterocycles. The van der Waals surface area contributed by atoms with Crippen molar-refractivity contribution in [3.63, 3.8) is 0 Å². The molecule has 0 atom stereocenters. The highest BCUT2D eigenvalue weighted by atomic mass is 32.1. The van der Waals surface area contributed by atoms with Gasteiger partial charge in [-0.1, -0.05) is 42.0 Å². The van der Waals surface area contributed by atoms with Gasteiger partial charge in [-0.05, 0) is 42.4 Å². The van der Waals surface area contributed by atoms with Gasteiger partial charge in [0.05, 0.1) is 6.21 Å². The van der Waals surface area contributed by atoms with Gasteiger partial charge in [0.2, 0.25) is 0 Å². The third kappa shape index (κ3) is 5.24. The van der Waals surface area contributed by atoms with Crippen LogP contribution in [-0.2, 0) is 6.61 Å². The summed E-state index contributed by atoms with van der Waals surface area (Å²) in [6, 6.07) is 15.9. The van der Waals surface area contributed by atoms with E-state index >= 15 is 0 Å². The van der Waals surface area contributed by atoms with Gasteiger partial charge in [-0.25, -0.2) is 0 Å². The second-order valence-corrected chi connectivity index (χ2v) is 5.02. The van der Waals surface area contributed by atoms with Crippen LogP contribution in [0.2, 0.25) is 0 Å². The minimum Gasteiger partial charge on any atom is -0.489 e. The first-order chi connectivity index (χ1) is 10.1. The molecule has 0 aliphatic heterocycles. The van der Waals surface area contributed by atoms with Crippen molar-refractivity contribution in [3.8, 4) is 5.75 Å². The number of aryl methyl sites for hydroxylation is 1. The summed E-state index contributed by atoms with van der Waals surface area (Å²) < 4.78 is 5.78. The first-order valence-corrected chi connectivity index (χ1v) is 6.91. The molecule has 21 heavy (non-hydrogen) atoms. The van der Waals surface area contributed by atoms with Crippen LogP contribution in [-0.4, -0.2) is 11.3 Å². The number of rotatable bonds is 5. The Morgan fingerprint density at radius 1 is 1.29 bits per heavy atom. The molecule has 4 nitrogen and oxygen atoms in total. The van der Waals surface area contributed by atoms with Crippen molar-refractivity contribution < 1.29 is 4.74 Å². The monoisotopic (exact) mass is 299 g/mol. The number of nitrogens with one attached hydrogen (secondary N) is 1.